The third kappa shape index (κ3) is 6.96. The fraction of sp³-hybridized carbons (Fsp3) is 0.471. The van der Waals surface area contributed by atoms with Crippen molar-refractivity contribution in [3.8, 4) is 11.5 Å². The zero-order valence-corrected chi connectivity index (χ0v) is 17.1. The van der Waals surface area contributed by atoms with Crippen molar-refractivity contribution in [1.82, 2.24) is 5.32 Å². The molecule has 6 nitrogen and oxygen atoms in total. The third-order valence-electron chi connectivity index (χ3n) is 3.22. The van der Waals surface area contributed by atoms with Crippen molar-refractivity contribution in [2.75, 3.05) is 27.9 Å². The lowest BCUT2D eigenvalue weighted by Gasteiger charge is -2.15. The monoisotopic (exact) mass is 449 g/mol. The van der Waals surface area contributed by atoms with E-state index in [-0.39, 0.29) is 30.0 Å². The molecule has 0 saturated heterocycles. The Hall–Kier alpha value is -1.48. The first kappa shape index (κ1) is 22.5. The summed E-state index contributed by atoms with van der Waals surface area (Å²) < 4.78 is 15.9. The van der Waals surface area contributed by atoms with Gasteiger partial charge >= 0.3 is 0 Å². The molecule has 1 aromatic rings. The minimum Gasteiger partial charge on any atom is -0.493 e. The maximum Gasteiger partial charge on any atom is 0.189 e. The van der Waals surface area contributed by atoms with Crippen molar-refractivity contribution in [2.45, 2.75) is 25.9 Å². The number of guanidine groups is 1. The molecular weight excluding hydrogens is 421 g/mol. The van der Waals surface area contributed by atoms with Gasteiger partial charge in [-0.3, -0.25) is 0 Å². The molecule has 0 amide bonds. The molecule has 1 rings (SSSR count). The molecule has 1 atom stereocenters. The minimum atomic E-state index is 0. The highest BCUT2D eigenvalue weighted by Crippen LogP contribution is 2.33. The molecule has 0 bridgehead atoms. The second kappa shape index (κ2) is 12.0. The van der Waals surface area contributed by atoms with Gasteiger partial charge in [0.05, 0.1) is 27.4 Å². The molecule has 0 aliphatic rings. The number of nitrogens with one attached hydrogen (secondary N) is 1. The number of hydrogen-bond donors (Lipinski definition) is 2. The fourth-order valence-corrected chi connectivity index (χ4v) is 2.27. The van der Waals surface area contributed by atoms with Crippen LogP contribution in [0, 0.1) is 0 Å². The molecule has 136 valence electrons. The molecule has 1 aromatic carbocycles. The second-order valence-corrected chi connectivity index (χ2v) is 5.19. The topological polar surface area (TPSA) is 78.1 Å². The molecule has 0 aliphatic carbocycles. The predicted octanol–water partition coefficient (Wildman–Crippen LogP) is 2.49. The van der Waals surface area contributed by atoms with Crippen molar-refractivity contribution in [3.63, 3.8) is 0 Å². The first-order valence-corrected chi connectivity index (χ1v) is 7.45. The number of rotatable bonds is 9. The summed E-state index contributed by atoms with van der Waals surface area (Å²) in [5, 5.41) is 3.07. The number of methoxy groups -OCH3 is 3. The standard InChI is InChI=1S/C17H27N3O3.HI/c1-6-7-14-8-13(9-15(22-4)16(14)23-5)10-19-17(18)20-12(2)11-21-3;/h6,8-9,12H,1,7,10-11H2,2-5H3,(H3,18,19,20);1H. The Balaban J connectivity index is 0.00000529. The van der Waals surface area contributed by atoms with Gasteiger partial charge in [-0.15, -0.1) is 30.6 Å². The summed E-state index contributed by atoms with van der Waals surface area (Å²) in [4.78, 5) is 4.35. The summed E-state index contributed by atoms with van der Waals surface area (Å²) in [6.07, 6.45) is 2.52. The van der Waals surface area contributed by atoms with E-state index in [0.717, 1.165) is 16.9 Å². The van der Waals surface area contributed by atoms with Crippen molar-refractivity contribution >= 4 is 29.9 Å². The van der Waals surface area contributed by atoms with Gasteiger partial charge in [0.1, 0.15) is 0 Å². The Morgan fingerprint density at radius 2 is 2.04 bits per heavy atom. The number of hydrogen-bond acceptors (Lipinski definition) is 4. The maximum absolute atomic E-state index is 5.89. The lowest BCUT2D eigenvalue weighted by atomic mass is 10.1. The Kier molecular flexibility index (Phi) is 11.2. The molecular formula is C17H28IN3O3. The van der Waals surface area contributed by atoms with Gasteiger partial charge in [-0.2, -0.15) is 0 Å². The van der Waals surface area contributed by atoms with Crippen LogP contribution in [0.4, 0.5) is 0 Å². The highest BCUT2D eigenvalue weighted by Gasteiger charge is 2.11. The van der Waals surface area contributed by atoms with Gasteiger partial charge in [0, 0.05) is 18.7 Å². The van der Waals surface area contributed by atoms with Crippen LogP contribution in [-0.2, 0) is 17.7 Å². The van der Waals surface area contributed by atoms with Gasteiger partial charge in [0.2, 0.25) is 0 Å². The number of nitrogens with two attached hydrogens (primary N) is 1. The quantitative estimate of drug-likeness (QED) is 0.262. The zero-order chi connectivity index (χ0) is 17.2. The summed E-state index contributed by atoms with van der Waals surface area (Å²) in [5.41, 5.74) is 7.88. The Morgan fingerprint density at radius 1 is 1.33 bits per heavy atom. The van der Waals surface area contributed by atoms with Crippen LogP contribution < -0.4 is 20.5 Å². The average molecular weight is 449 g/mol. The molecule has 0 saturated carbocycles. The average Bonchev–Trinajstić information content (AvgIpc) is 2.52. The van der Waals surface area contributed by atoms with Gasteiger partial charge in [-0.25, -0.2) is 4.99 Å². The summed E-state index contributed by atoms with van der Waals surface area (Å²) in [6, 6.07) is 4.03. The van der Waals surface area contributed by atoms with E-state index < -0.39 is 0 Å². The third-order valence-corrected chi connectivity index (χ3v) is 3.22. The highest BCUT2D eigenvalue weighted by molar-refractivity contribution is 14.0. The molecule has 0 spiro atoms. The van der Waals surface area contributed by atoms with Gasteiger partial charge in [-0.05, 0) is 31.0 Å². The largest absolute Gasteiger partial charge is 0.493 e. The predicted molar refractivity (Wildman–Crippen MR) is 109 cm³/mol. The van der Waals surface area contributed by atoms with Crippen LogP contribution in [0.3, 0.4) is 0 Å². The Labute approximate surface area is 161 Å². The van der Waals surface area contributed by atoms with Gasteiger partial charge < -0.3 is 25.3 Å². The Morgan fingerprint density at radius 3 is 2.58 bits per heavy atom. The Bertz CT molecular complexity index is 550. The smallest absolute Gasteiger partial charge is 0.189 e. The summed E-state index contributed by atoms with van der Waals surface area (Å²) >= 11 is 0. The SMILES string of the molecule is C=CCc1cc(CN=C(N)NC(C)COC)cc(OC)c1OC.I. The lowest BCUT2D eigenvalue weighted by molar-refractivity contribution is 0.179. The van der Waals surface area contributed by atoms with E-state index >= 15 is 0 Å². The van der Waals surface area contributed by atoms with Crippen LogP contribution in [0.2, 0.25) is 0 Å². The number of nitrogens with zero attached hydrogens (tertiary/aromatic N) is 1. The highest BCUT2D eigenvalue weighted by atomic mass is 127. The number of allylic oxidation sites excluding steroid dienone is 1. The molecule has 0 aromatic heterocycles. The van der Waals surface area contributed by atoms with E-state index in [0.29, 0.717) is 31.3 Å². The normalized spacial score (nSPS) is 12.1. The first-order chi connectivity index (χ1) is 11.0. The lowest BCUT2D eigenvalue weighted by Crippen LogP contribution is -2.40. The van der Waals surface area contributed by atoms with Crippen LogP contribution in [0.1, 0.15) is 18.1 Å². The van der Waals surface area contributed by atoms with Crippen LogP contribution in [0.5, 0.6) is 11.5 Å². The van der Waals surface area contributed by atoms with Crippen molar-refractivity contribution in [1.29, 1.82) is 0 Å². The van der Waals surface area contributed by atoms with E-state index in [2.05, 4.69) is 16.9 Å². The van der Waals surface area contributed by atoms with Crippen LogP contribution >= 0.6 is 24.0 Å². The van der Waals surface area contributed by atoms with E-state index in [1.165, 1.54) is 0 Å². The van der Waals surface area contributed by atoms with Crippen LogP contribution in [0.25, 0.3) is 0 Å². The molecule has 1 unspecified atom stereocenters. The number of aliphatic imine (C=N–C) groups is 1. The van der Waals surface area contributed by atoms with E-state index in [4.69, 9.17) is 19.9 Å². The molecule has 0 heterocycles. The van der Waals surface area contributed by atoms with Crippen LogP contribution in [0.15, 0.2) is 29.8 Å². The number of halogens is 1. The molecule has 7 heteroatoms. The van der Waals surface area contributed by atoms with Crippen molar-refractivity contribution in [3.05, 3.63) is 35.9 Å². The maximum atomic E-state index is 5.89. The fourth-order valence-electron chi connectivity index (χ4n) is 2.27. The summed E-state index contributed by atoms with van der Waals surface area (Å²) in [7, 11) is 4.89. The number of ether oxygens (including phenoxy) is 3. The molecule has 0 radical (unpaired) electrons. The van der Waals surface area contributed by atoms with Gasteiger partial charge in [0.15, 0.2) is 17.5 Å². The zero-order valence-electron chi connectivity index (χ0n) is 14.8. The number of benzene rings is 1. The van der Waals surface area contributed by atoms with E-state index in [9.17, 15) is 0 Å². The summed E-state index contributed by atoms with van der Waals surface area (Å²) in [5.74, 6) is 1.78. The summed E-state index contributed by atoms with van der Waals surface area (Å²) in [6.45, 7) is 6.76. The van der Waals surface area contributed by atoms with Gasteiger partial charge in [-0.1, -0.05) is 6.08 Å². The second-order valence-electron chi connectivity index (χ2n) is 5.19. The van der Waals surface area contributed by atoms with Crippen molar-refractivity contribution in [2.24, 2.45) is 10.7 Å². The van der Waals surface area contributed by atoms with E-state index in [1.54, 1.807) is 21.3 Å². The van der Waals surface area contributed by atoms with E-state index in [1.807, 2.05) is 25.1 Å². The molecule has 3 N–H and O–H groups in total. The minimum absolute atomic E-state index is 0. The van der Waals surface area contributed by atoms with Crippen LogP contribution in [-0.4, -0.2) is 39.9 Å². The molecule has 0 fully saturated rings. The molecule has 0 aliphatic heterocycles. The van der Waals surface area contributed by atoms with Gasteiger partial charge in [0.25, 0.3) is 0 Å². The first-order valence-electron chi connectivity index (χ1n) is 7.45. The van der Waals surface area contributed by atoms with Crippen molar-refractivity contribution < 1.29 is 14.2 Å². The molecule has 24 heavy (non-hydrogen) atoms.